The van der Waals surface area contributed by atoms with Gasteiger partial charge in [-0.15, -0.1) is 0 Å². The molecule has 3 fully saturated rings. The second-order valence-electron chi connectivity index (χ2n) is 14.6. The van der Waals surface area contributed by atoms with Crippen molar-refractivity contribution in [2.45, 2.75) is 110 Å². The van der Waals surface area contributed by atoms with Crippen molar-refractivity contribution < 1.29 is 19.4 Å². The molecule has 5 rings (SSSR count). The Balaban J connectivity index is 1.34. The highest BCUT2D eigenvalue weighted by Crippen LogP contribution is 2.63. The zero-order valence-corrected chi connectivity index (χ0v) is 25.7. The number of carbonyl (C=O) groups excluding carboxylic acids is 1. The van der Waals surface area contributed by atoms with Crippen LogP contribution in [0.25, 0.3) is 0 Å². The fraction of sp³-hybridized carbons (Fsp3) is 0.794. The van der Waals surface area contributed by atoms with Gasteiger partial charge in [-0.3, -0.25) is 0 Å². The van der Waals surface area contributed by atoms with Gasteiger partial charge in [-0.1, -0.05) is 40.7 Å². The van der Waals surface area contributed by atoms with E-state index in [9.17, 15) is 9.90 Å². The van der Waals surface area contributed by atoms with Crippen LogP contribution in [0, 0.1) is 28.6 Å². The Bertz CT molecular complexity index is 1010. The highest BCUT2D eigenvalue weighted by Gasteiger charge is 2.57. The van der Waals surface area contributed by atoms with Gasteiger partial charge in [0.25, 0.3) is 0 Å². The third-order valence-corrected chi connectivity index (χ3v) is 10.9. The monoisotopic (exact) mass is 554 g/mol. The van der Waals surface area contributed by atoms with Gasteiger partial charge in [0.2, 0.25) is 0 Å². The smallest absolute Gasteiger partial charge is 0.410 e. The summed E-state index contributed by atoms with van der Waals surface area (Å²) in [5.41, 5.74) is 3.40. The number of rotatable bonds is 8. The molecule has 0 spiro atoms. The molecule has 6 nitrogen and oxygen atoms in total. The number of aliphatic hydroxyl groups is 1. The first-order chi connectivity index (χ1) is 19.1. The van der Waals surface area contributed by atoms with Gasteiger partial charge in [-0.25, -0.2) is 4.79 Å². The van der Waals surface area contributed by atoms with Crippen LogP contribution < -0.4 is 10.1 Å². The Morgan fingerprint density at radius 1 is 1.15 bits per heavy atom. The maximum Gasteiger partial charge on any atom is 0.415 e. The van der Waals surface area contributed by atoms with E-state index >= 15 is 0 Å². The standard InChI is InChI=1S/C34H54N2O4/c1-6-35-25-13-17-36(18-14-25)32(38)40-26-7-8-27-24(22-26)21-23(11-15-33(2,3)4)31-28(27)12-16-34(5)29(31)9-10-30(34)39-20-19-37/h7-8,22-23,25,28-31,35,37H,6,9-21H2,1-5H3. The molecule has 0 bridgehead atoms. The number of aliphatic hydroxyl groups excluding tert-OH is 1. The van der Waals surface area contributed by atoms with E-state index in [1.165, 1.54) is 43.2 Å². The molecule has 3 aliphatic carbocycles. The summed E-state index contributed by atoms with van der Waals surface area (Å²) < 4.78 is 12.2. The first-order valence-corrected chi connectivity index (χ1v) is 16.2. The van der Waals surface area contributed by atoms with Gasteiger partial charge in [-0.05, 0) is 122 Å². The molecule has 0 aromatic heterocycles. The molecule has 1 aromatic carbocycles. The highest BCUT2D eigenvalue weighted by molar-refractivity contribution is 5.71. The normalized spacial score (nSPS) is 32.4. The largest absolute Gasteiger partial charge is 0.415 e. The number of benzene rings is 1. The summed E-state index contributed by atoms with van der Waals surface area (Å²) in [5.74, 6) is 3.23. The molecule has 1 saturated heterocycles. The lowest BCUT2D eigenvalue weighted by molar-refractivity contribution is -0.0800. The third kappa shape index (κ3) is 6.24. The van der Waals surface area contributed by atoms with E-state index in [-0.39, 0.29) is 24.2 Å². The number of hydrogen-bond donors (Lipinski definition) is 2. The third-order valence-electron chi connectivity index (χ3n) is 10.9. The van der Waals surface area contributed by atoms with Gasteiger partial charge in [0, 0.05) is 19.1 Å². The average Bonchev–Trinajstić information content (AvgIpc) is 3.26. The van der Waals surface area contributed by atoms with Crippen molar-refractivity contribution in [1.82, 2.24) is 10.2 Å². The molecule has 224 valence electrons. The number of nitrogens with one attached hydrogen (secondary N) is 1. The Morgan fingerprint density at radius 2 is 1.93 bits per heavy atom. The summed E-state index contributed by atoms with van der Waals surface area (Å²) in [6.45, 7) is 14.7. The minimum absolute atomic E-state index is 0.103. The van der Waals surface area contributed by atoms with E-state index in [4.69, 9.17) is 9.47 Å². The van der Waals surface area contributed by atoms with Crippen LogP contribution in [0.15, 0.2) is 18.2 Å². The number of hydrogen-bond acceptors (Lipinski definition) is 5. The summed E-state index contributed by atoms with van der Waals surface area (Å²) in [7, 11) is 0. The van der Waals surface area contributed by atoms with E-state index < -0.39 is 0 Å². The molecule has 6 unspecified atom stereocenters. The van der Waals surface area contributed by atoms with E-state index in [2.05, 4.69) is 52.1 Å². The van der Waals surface area contributed by atoms with E-state index in [1.54, 1.807) is 0 Å². The van der Waals surface area contributed by atoms with Crippen LogP contribution in [0.2, 0.25) is 0 Å². The molecule has 1 aliphatic heterocycles. The minimum Gasteiger partial charge on any atom is -0.410 e. The number of carbonyl (C=O) groups is 1. The average molecular weight is 555 g/mol. The zero-order chi connectivity index (χ0) is 28.5. The van der Waals surface area contributed by atoms with Gasteiger partial charge >= 0.3 is 6.09 Å². The Hall–Kier alpha value is -1.63. The molecule has 4 aliphatic rings. The quantitative estimate of drug-likeness (QED) is 0.382. The molecule has 2 N–H and O–H groups in total. The van der Waals surface area contributed by atoms with Crippen LogP contribution in [0.1, 0.15) is 103 Å². The van der Waals surface area contributed by atoms with Gasteiger partial charge in [0.1, 0.15) is 5.75 Å². The maximum atomic E-state index is 13.0. The molecule has 6 heteroatoms. The van der Waals surface area contributed by atoms with Gasteiger partial charge in [-0.2, -0.15) is 0 Å². The Labute approximate surface area is 242 Å². The zero-order valence-electron chi connectivity index (χ0n) is 25.7. The molecule has 2 saturated carbocycles. The molecular formula is C34H54N2O4. The molecular weight excluding hydrogens is 500 g/mol. The van der Waals surface area contributed by atoms with Gasteiger partial charge in [0.05, 0.1) is 19.3 Å². The van der Waals surface area contributed by atoms with Crippen molar-refractivity contribution in [2.24, 2.45) is 28.6 Å². The van der Waals surface area contributed by atoms with Crippen LogP contribution >= 0.6 is 0 Å². The summed E-state index contributed by atoms with van der Waals surface area (Å²) >= 11 is 0. The van der Waals surface area contributed by atoms with Crippen molar-refractivity contribution in [3.05, 3.63) is 29.3 Å². The molecule has 1 aromatic rings. The van der Waals surface area contributed by atoms with Crippen LogP contribution in [-0.4, -0.2) is 61.1 Å². The Kier molecular flexibility index (Phi) is 9.19. The number of ether oxygens (including phenoxy) is 2. The number of fused-ring (bicyclic) bond motifs is 5. The van der Waals surface area contributed by atoms with Crippen molar-refractivity contribution in [3.8, 4) is 5.75 Å². The number of amides is 1. The lowest BCUT2D eigenvalue weighted by Crippen LogP contribution is -2.48. The number of nitrogens with zero attached hydrogens (tertiary/aromatic N) is 1. The van der Waals surface area contributed by atoms with Crippen LogP contribution in [0.5, 0.6) is 5.75 Å². The molecule has 1 heterocycles. The van der Waals surface area contributed by atoms with Gasteiger partial charge < -0.3 is 24.8 Å². The minimum atomic E-state index is -0.207. The predicted octanol–water partition coefficient (Wildman–Crippen LogP) is 6.55. The summed E-state index contributed by atoms with van der Waals surface area (Å²) in [4.78, 5) is 14.9. The lowest BCUT2D eigenvalue weighted by atomic mass is 9.52. The Morgan fingerprint density at radius 3 is 2.62 bits per heavy atom. The van der Waals surface area contributed by atoms with Crippen molar-refractivity contribution in [3.63, 3.8) is 0 Å². The molecule has 1 amide bonds. The van der Waals surface area contributed by atoms with Gasteiger partial charge in [0.15, 0.2) is 0 Å². The predicted molar refractivity (Wildman–Crippen MR) is 160 cm³/mol. The fourth-order valence-electron chi connectivity index (χ4n) is 8.87. The van der Waals surface area contributed by atoms with Crippen molar-refractivity contribution >= 4 is 6.09 Å². The van der Waals surface area contributed by atoms with Crippen LogP contribution in [-0.2, 0) is 11.2 Å². The summed E-state index contributed by atoms with van der Waals surface area (Å²) in [6.07, 6.45) is 10.3. The fourth-order valence-corrected chi connectivity index (χ4v) is 8.87. The lowest BCUT2D eigenvalue weighted by Gasteiger charge is -2.54. The molecule has 0 radical (unpaired) electrons. The number of piperidine rings is 1. The van der Waals surface area contributed by atoms with E-state index in [1.807, 2.05) is 11.0 Å². The van der Waals surface area contributed by atoms with Crippen molar-refractivity contribution in [2.75, 3.05) is 32.8 Å². The van der Waals surface area contributed by atoms with Crippen LogP contribution in [0.4, 0.5) is 4.79 Å². The number of likely N-dealkylation sites (tertiary alicyclic amines) is 1. The van der Waals surface area contributed by atoms with E-state index in [0.717, 1.165) is 45.3 Å². The molecule has 40 heavy (non-hydrogen) atoms. The first-order valence-electron chi connectivity index (χ1n) is 16.2. The topological polar surface area (TPSA) is 71.0 Å². The first kappa shape index (κ1) is 29.8. The SMILES string of the molecule is CCNC1CCN(C(=O)Oc2ccc3c(c2)CC(CCC(C)(C)C)C2C3CCC3(C)C(OCCO)CCC23)CC1. The maximum absolute atomic E-state index is 13.0. The van der Waals surface area contributed by atoms with E-state index in [0.29, 0.717) is 47.5 Å². The summed E-state index contributed by atoms with van der Waals surface area (Å²) in [5, 5.41) is 12.9. The van der Waals surface area contributed by atoms with Crippen molar-refractivity contribution in [1.29, 1.82) is 0 Å². The highest BCUT2D eigenvalue weighted by atomic mass is 16.6. The summed E-state index contributed by atoms with van der Waals surface area (Å²) in [6, 6.07) is 7.02. The second kappa shape index (κ2) is 12.3. The molecule has 6 atom stereocenters. The second-order valence-corrected chi connectivity index (χ2v) is 14.6. The van der Waals surface area contributed by atoms with Crippen LogP contribution in [0.3, 0.4) is 0 Å².